The zero-order chi connectivity index (χ0) is 17.9. The Bertz CT molecular complexity index is 851. The fourth-order valence-electron chi connectivity index (χ4n) is 2.11. The van der Waals surface area contributed by atoms with Crippen LogP contribution in [0, 0.1) is 5.92 Å². The maximum atomic E-state index is 12.4. The van der Waals surface area contributed by atoms with E-state index in [1.54, 1.807) is 24.1 Å². The van der Waals surface area contributed by atoms with E-state index in [1.165, 1.54) is 18.2 Å². The molecule has 0 bridgehead atoms. The summed E-state index contributed by atoms with van der Waals surface area (Å²) >= 11 is 11.8. The normalized spacial score (nSPS) is 13.0. The van der Waals surface area contributed by atoms with Gasteiger partial charge in [-0.25, -0.2) is 13.1 Å². The summed E-state index contributed by atoms with van der Waals surface area (Å²) in [5.74, 6) is -1.33. The fraction of sp³-hybridized carbons (Fsp3) is 0.286. The highest BCUT2D eigenvalue weighted by Crippen LogP contribution is 2.28. The Balaban J connectivity index is 2.13. The van der Waals surface area contributed by atoms with E-state index >= 15 is 0 Å². The topological polar surface area (TPSA) is 107 Å². The van der Waals surface area contributed by atoms with E-state index in [1.807, 2.05) is 0 Å². The van der Waals surface area contributed by atoms with E-state index < -0.39 is 21.8 Å². The van der Waals surface area contributed by atoms with Crippen molar-refractivity contribution < 1.29 is 13.2 Å². The molecule has 0 radical (unpaired) electrons. The van der Waals surface area contributed by atoms with E-state index in [0.29, 0.717) is 0 Å². The quantitative estimate of drug-likeness (QED) is 0.743. The number of hydrogen-bond donors (Lipinski definition) is 2. The summed E-state index contributed by atoms with van der Waals surface area (Å²) in [5.41, 5.74) is 6.14. The standard InChI is InChI=1S/C14H16Cl2N4O3S/c1-20-8-9(6-18-20)5-10(14(17)21)7-19-24(22,23)12-4-2-3-11(15)13(12)16/h2-4,6,8,10,19H,5,7H2,1H3,(H2,17,21)/t10-/m0/s1. The van der Waals surface area contributed by atoms with E-state index in [9.17, 15) is 13.2 Å². The van der Waals surface area contributed by atoms with Crippen LogP contribution in [0.2, 0.25) is 10.0 Å². The van der Waals surface area contributed by atoms with Gasteiger partial charge < -0.3 is 5.73 Å². The molecule has 2 aromatic rings. The number of rotatable bonds is 7. The van der Waals surface area contributed by atoms with Gasteiger partial charge in [-0.3, -0.25) is 9.48 Å². The Kier molecular flexibility index (Phi) is 5.87. The minimum absolute atomic E-state index is 0.0745. The third kappa shape index (κ3) is 4.47. The predicted octanol–water partition coefficient (Wildman–Crippen LogP) is 1.35. The monoisotopic (exact) mass is 390 g/mol. The number of nitrogens with one attached hydrogen (secondary N) is 1. The Morgan fingerprint density at radius 2 is 2.12 bits per heavy atom. The van der Waals surface area contributed by atoms with Crippen molar-refractivity contribution in [3.63, 3.8) is 0 Å². The number of benzene rings is 1. The molecule has 1 atom stereocenters. The largest absolute Gasteiger partial charge is 0.369 e. The molecule has 0 unspecified atom stereocenters. The summed E-state index contributed by atoms with van der Waals surface area (Å²) in [6, 6.07) is 4.29. The number of aromatic nitrogens is 2. The van der Waals surface area contributed by atoms with Crippen LogP contribution in [-0.2, 0) is 28.3 Å². The lowest BCUT2D eigenvalue weighted by Gasteiger charge is -2.14. The fourth-order valence-corrected chi connectivity index (χ4v) is 3.96. The molecule has 24 heavy (non-hydrogen) atoms. The van der Waals surface area contributed by atoms with Crippen molar-refractivity contribution in [3.05, 3.63) is 46.2 Å². The van der Waals surface area contributed by atoms with E-state index in [4.69, 9.17) is 28.9 Å². The highest BCUT2D eigenvalue weighted by Gasteiger charge is 2.23. The Labute approximate surface area is 149 Å². The molecule has 0 fully saturated rings. The first-order valence-electron chi connectivity index (χ1n) is 6.91. The molecule has 0 aliphatic carbocycles. The van der Waals surface area contributed by atoms with Crippen LogP contribution in [0.25, 0.3) is 0 Å². The SMILES string of the molecule is Cn1cc(C[C@@H](CNS(=O)(=O)c2cccc(Cl)c2Cl)C(N)=O)cn1. The summed E-state index contributed by atoms with van der Waals surface area (Å²) in [6.45, 7) is -0.157. The number of sulfonamides is 1. The van der Waals surface area contributed by atoms with Crippen LogP contribution >= 0.6 is 23.2 Å². The lowest BCUT2D eigenvalue weighted by atomic mass is 10.0. The highest BCUT2D eigenvalue weighted by atomic mass is 35.5. The van der Waals surface area contributed by atoms with Gasteiger partial charge in [0, 0.05) is 19.8 Å². The van der Waals surface area contributed by atoms with Crippen molar-refractivity contribution >= 4 is 39.1 Å². The molecule has 0 saturated carbocycles. The van der Waals surface area contributed by atoms with E-state index in [0.717, 1.165) is 5.56 Å². The van der Waals surface area contributed by atoms with Gasteiger partial charge in [-0.15, -0.1) is 0 Å². The first-order chi connectivity index (χ1) is 11.2. The predicted molar refractivity (Wildman–Crippen MR) is 91.2 cm³/mol. The minimum Gasteiger partial charge on any atom is -0.369 e. The van der Waals surface area contributed by atoms with Gasteiger partial charge in [0.15, 0.2) is 0 Å². The van der Waals surface area contributed by atoms with E-state index in [2.05, 4.69) is 9.82 Å². The summed E-state index contributed by atoms with van der Waals surface area (Å²) in [4.78, 5) is 11.4. The molecule has 1 aromatic heterocycles. The van der Waals surface area contributed by atoms with Crippen LogP contribution in [0.1, 0.15) is 5.56 Å². The smallest absolute Gasteiger partial charge is 0.242 e. The first-order valence-corrected chi connectivity index (χ1v) is 9.15. The van der Waals surface area contributed by atoms with Crippen molar-refractivity contribution in [2.75, 3.05) is 6.54 Å². The molecule has 1 amide bonds. The van der Waals surface area contributed by atoms with Crippen LogP contribution in [0.15, 0.2) is 35.5 Å². The molecule has 10 heteroatoms. The van der Waals surface area contributed by atoms with Gasteiger partial charge in [0.1, 0.15) is 4.90 Å². The van der Waals surface area contributed by atoms with Crippen LogP contribution < -0.4 is 10.5 Å². The number of nitrogens with zero attached hydrogens (tertiary/aromatic N) is 2. The van der Waals surface area contributed by atoms with Crippen LogP contribution in [0.3, 0.4) is 0 Å². The van der Waals surface area contributed by atoms with Gasteiger partial charge in [-0.2, -0.15) is 5.10 Å². The summed E-state index contributed by atoms with van der Waals surface area (Å²) in [5, 5.41) is 4.05. The number of carbonyl (C=O) groups excluding carboxylic acids is 1. The molecular formula is C14H16Cl2N4O3S. The second-order valence-electron chi connectivity index (χ2n) is 5.23. The number of halogens is 2. The van der Waals surface area contributed by atoms with Crippen molar-refractivity contribution in [1.29, 1.82) is 0 Å². The van der Waals surface area contributed by atoms with Crippen molar-refractivity contribution in [1.82, 2.24) is 14.5 Å². The van der Waals surface area contributed by atoms with Gasteiger partial charge in [-0.1, -0.05) is 29.3 Å². The van der Waals surface area contributed by atoms with Crippen molar-refractivity contribution in [2.45, 2.75) is 11.3 Å². The summed E-state index contributed by atoms with van der Waals surface area (Å²) < 4.78 is 28.7. The molecular weight excluding hydrogens is 375 g/mol. The molecule has 3 N–H and O–H groups in total. The summed E-state index contributed by atoms with van der Waals surface area (Å²) in [7, 11) is -2.18. The molecule has 2 rings (SSSR count). The van der Waals surface area contributed by atoms with Crippen molar-refractivity contribution in [2.24, 2.45) is 18.7 Å². The van der Waals surface area contributed by atoms with Crippen LogP contribution in [-0.4, -0.2) is 30.7 Å². The Morgan fingerprint density at radius 3 is 2.71 bits per heavy atom. The molecule has 0 spiro atoms. The number of nitrogens with two attached hydrogens (primary N) is 1. The molecule has 0 saturated heterocycles. The third-order valence-electron chi connectivity index (χ3n) is 3.37. The van der Waals surface area contributed by atoms with Crippen LogP contribution in [0.4, 0.5) is 0 Å². The average molecular weight is 391 g/mol. The molecule has 0 aliphatic rings. The number of hydrogen-bond acceptors (Lipinski definition) is 4. The maximum Gasteiger partial charge on any atom is 0.242 e. The molecule has 130 valence electrons. The Morgan fingerprint density at radius 1 is 1.42 bits per heavy atom. The Hall–Kier alpha value is -1.61. The van der Waals surface area contributed by atoms with Gasteiger partial charge in [0.25, 0.3) is 0 Å². The lowest BCUT2D eigenvalue weighted by Crippen LogP contribution is -2.37. The lowest BCUT2D eigenvalue weighted by molar-refractivity contribution is -0.121. The average Bonchev–Trinajstić information content (AvgIpc) is 2.91. The highest BCUT2D eigenvalue weighted by molar-refractivity contribution is 7.89. The van der Waals surface area contributed by atoms with Gasteiger partial charge in [0.05, 0.1) is 22.2 Å². The maximum absolute atomic E-state index is 12.4. The number of primary amides is 1. The third-order valence-corrected chi connectivity index (χ3v) is 5.77. The second kappa shape index (κ2) is 7.52. The summed E-state index contributed by atoms with van der Waals surface area (Å²) in [6.07, 6.45) is 3.60. The van der Waals surface area contributed by atoms with Gasteiger partial charge in [-0.05, 0) is 24.1 Å². The van der Waals surface area contributed by atoms with Crippen LogP contribution in [0.5, 0.6) is 0 Å². The van der Waals surface area contributed by atoms with E-state index in [-0.39, 0.29) is 27.9 Å². The van der Waals surface area contributed by atoms with Gasteiger partial charge >= 0.3 is 0 Å². The molecule has 7 nitrogen and oxygen atoms in total. The molecule has 0 aliphatic heterocycles. The second-order valence-corrected chi connectivity index (χ2v) is 7.75. The van der Waals surface area contributed by atoms with Crippen molar-refractivity contribution in [3.8, 4) is 0 Å². The zero-order valence-electron chi connectivity index (χ0n) is 12.7. The molecule has 1 heterocycles. The zero-order valence-corrected chi connectivity index (χ0v) is 15.1. The minimum atomic E-state index is -3.92. The number of aryl methyl sites for hydroxylation is 1. The van der Waals surface area contributed by atoms with Gasteiger partial charge in [0.2, 0.25) is 15.9 Å². The molecule has 1 aromatic carbocycles. The number of carbonyl (C=O) groups is 1. The first kappa shape index (κ1) is 18.7. The number of amides is 1.